The van der Waals surface area contributed by atoms with Crippen molar-refractivity contribution < 1.29 is 0 Å². The minimum absolute atomic E-state index is 0.526. The van der Waals surface area contributed by atoms with E-state index in [-0.39, 0.29) is 0 Å². The van der Waals surface area contributed by atoms with Gasteiger partial charge in [0.1, 0.15) is 0 Å². The Labute approximate surface area is 102 Å². The zero-order valence-electron chi connectivity index (χ0n) is 9.89. The molecule has 1 aromatic rings. The van der Waals surface area contributed by atoms with Crippen LogP contribution in [0.3, 0.4) is 0 Å². The monoisotopic (exact) mass is 241 g/mol. The van der Waals surface area contributed by atoms with Gasteiger partial charge in [0, 0.05) is 36.4 Å². The summed E-state index contributed by atoms with van der Waals surface area (Å²) in [5.41, 5.74) is 7.50. The van der Waals surface area contributed by atoms with Crippen molar-refractivity contribution in [2.24, 2.45) is 0 Å². The maximum Gasteiger partial charge on any atom is 0.0452 e. The van der Waals surface area contributed by atoms with Crippen LogP contribution in [0, 0.1) is 0 Å². The smallest absolute Gasteiger partial charge is 0.0452 e. The van der Waals surface area contributed by atoms with Crippen molar-refractivity contribution in [2.45, 2.75) is 26.4 Å². The summed E-state index contributed by atoms with van der Waals surface area (Å²) in [6, 6.07) is 6.08. The van der Waals surface area contributed by atoms with Crippen LogP contribution in [0.25, 0.3) is 0 Å². The standard InChI is InChI=1S/C12H20ClN3/c1-9(2)16-6-5-15-8-10-7-11(14)3-4-12(10)13/h3-4,7,9,15-16H,5-6,8,14H2,1-2H3. The number of rotatable bonds is 6. The third-order valence-electron chi connectivity index (χ3n) is 2.24. The number of anilines is 1. The van der Waals surface area contributed by atoms with Crippen molar-refractivity contribution >= 4 is 17.3 Å². The van der Waals surface area contributed by atoms with Crippen molar-refractivity contribution in [1.29, 1.82) is 0 Å². The average Bonchev–Trinajstić information content (AvgIpc) is 2.22. The second-order valence-electron chi connectivity index (χ2n) is 4.14. The van der Waals surface area contributed by atoms with E-state index >= 15 is 0 Å². The van der Waals surface area contributed by atoms with Gasteiger partial charge in [0.2, 0.25) is 0 Å². The van der Waals surface area contributed by atoms with Gasteiger partial charge >= 0.3 is 0 Å². The molecule has 0 aliphatic rings. The van der Waals surface area contributed by atoms with E-state index in [1.807, 2.05) is 18.2 Å². The lowest BCUT2D eigenvalue weighted by Crippen LogP contribution is -2.31. The minimum Gasteiger partial charge on any atom is -0.399 e. The van der Waals surface area contributed by atoms with Crippen LogP contribution >= 0.6 is 11.6 Å². The first kappa shape index (κ1) is 13.3. The summed E-state index contributed by atoms with van der Waals surface area (Å²) in [6.45, 7) is 6.90. The zero-order chi connectivity index (χ0) is 12.0. The van der Waals surface area contributed by atoms with Crippen LogP contribution in [0.4, 0.5) is 5.69 Å². The van der Waals surface area contributed by atoms with Crippen molar-refractivity contribution in [3.05, 3.63) is 28.8 Å². The minimum atomic E-state index is 0.526. The Hall–Kier alpha value is -0.770. The summed E-state index contributed by atoms with van der Waals surface area (Å²) in [4.78, 5) is 0. The van der Waals surface area contributed by atoms with Gasteiger partial charge in [-0.3, -0.25) is 0 Å². The lowest BCUT2D eigenvalue weighted by molar-refractivity contribution is 0.556. The molecule has 1 aromatic carbocycles. The Kier molecular flexibility index (Phi) is 5.60. The van der Waals surface area contributed by atoms with Gasteiger partial charge in [0.25, 0.3) is 0 Å². The maximum absolute atomic E-state index is 6.05. The highest BCUT2D eigenvalue weighted by molar-refractivity contribution is 6.31. The molecule has 1 rings (SSSR count). The van der Waals surface area contributed by atoms with Crippen LogP contribution < -0.4 is 16.4 Å². The fourth-order valence-electron chi connectivity index (χ4n) is 1.40. The van der Waals surface area contributed by atoms with Gasteiger partial charge < -0.3 is 16.4 Å². The topological polar surface area (TPSA) is 50.1 Å². The number of hydrogen-bond donors (Lipinski definition) is 3. The van der Waals surface area contributed by atoms with E-state index in [0.717, 1.165) is 35.9 Å². The van der Waals surface area contributed by atoms with E-state index in [2.05, 4.69) is 24.5 Å². The summed E-state index contributed by atoms with van der Waals surface area (Å²) in [6.07, 6.45) is 0. The number of halogens is 1. The fourth-order valence-corrected chi connectivity index (χ4v) is 1.59. The molecule has 0 aliphatic heterocycles. The van der Waals surface area contributed by atoms with E-state index in [0.29, 0.717) is 6.04 Å². The lowest BCUT2D eigenvalue weighted by Gasteiger charge is -2.10. The molecule has 0 radical (unpaired) electrons. The quantitative estimate of drug-likeness (QED) is 0.528. The second-order valence-corrected chi connectivity index (χ2v) is 4.54. The Morgan fingerprint density at radius 3 is 2.75 bits per heavy atom. The number of hydrogen-bond acceptors (Lipinski definition) is 3. The number of benzene rings is 1. The van der Waals surface area contributed by atoms with Gasteiger partial charge in [-0.1, -0.05) is 25.4 Å². The molecule has 3 nitrogen and oxygen atoms in total. The van der Waals surface area contributed by atoms with Crippen LogP contribution in [-0.4, -0.2) is 19.1 Å². The first-order valence-electron chi connectivity index (χ1n) is 5.57. The molecule has 0 amide bonds. The van der Waals surface area contributed by atoms with Gasteiger partial charge in [0.05, 0.1) is 0 Å². The third kappa shape index (κ3) is 4.84. The van der Waals surface area contributed by atoms with E-state index in [1.54, 1.807) is 0 Å². The largest absolute Gasteiger partial charge is 0.399 e. The molecule has 0 bridgehead atoms. The van der Waals surface area contributed by atoms with Gasteiger partial charge in [-0.15, -0.1) is 0 Å². The molecule has 0 unspecified atom stereocenters. The van der Waals surface area contributed by atoms with Crippen molar-refractivity contribution in [3.63, 3.8) is 0 Å². The normalized spacial score (nSPS) is 11.0. The maximum atomic E-state index is 6.05. The summed E-state index contributed by atoms with van der Waals surface area (Å²) in [5, 5.41) is 7.42. The second kappa shape index (κ2) is 6.74. The highest BCUT2D eigenvalue weighted by atomic mass is 35.5. The van der Waals surface area contributed by atoms with E-state index in [1.165, 1.54) is 0 Å². The SMILES string of the molecule is CC(C)NCCNCc1cc(N)ccc1Cl. The molecule has 16 heavy (non-hydrogen) atoms. The fraction of sp³-hybridized carbons (Fsp3) is 0.500. The molecule has 0 saturated heterocycles. The molecule has 0 heterocycles. The molecule has 90 valence electrons. The van der Waals surface area contributed by atoms with Crippen LogP contribution in [0.15, 0.2) is 18.2 Å². The van der Waals surface area contributed by atoms with Crippen molar-refractivity contribution in [3.8, 4) is 0 Å². The highest BCUT2D eigenvalue weighted by Crippen LogP contribution is 2.18. The summed E-state index contributed by atoms with van der Waals surface area (Å²) >= 11 is 6.05. The van der Waals surface area contributed by atoms with E-state index in [9.17, 15) is 0 Å². The zero-order valence-corrected chi connectivity index (χ0v) is 10.6. The molecular formula is C12H20ClN3. The molecule has 0 fully saturated rings. The Morgan fingerprint density at radius 1 is 1.31 bits per heavy atom. The Balaban J connectivity index is 2.29. The third-order valence-corrected chi connectivity index (χ3v) is 2.61. The lowest BCUT2D eigenvalue weighted by atomic mass is 10.2. The predicted octanol–water partition coefficient (Wildman–Crippen LogP) is 2.01. The van der Waals surface area contributed by atoms with Crippen LogP contribution in [0.2, 0.25) is 5.02 Å². The highest BCUT2D eigenvalue weighted by Gasteiger charge is 2.00. The van der Waals surface area contributed by atoms with Gasteiger partial charge in [-0.25, -0.2) is 0 Å². The van der Waals surface area contributed by atoms with Crippen LogP contribution in [0.1, 0.15) is 19.4 Å². The van der Waals surface area contributed by atoms with Gasteiger partial charge in [-0.2, -0.15) is 0 Å². The molecule has 0 spiro atoms. The molecule has 4 heteroatoms. The summed E-state index contributed by atoms with van der Waals surface area (Å²) < 4.78 is 0. The first-order chi connectivity index (χ1) is 7.59. The van der Waals surface area contributed by atoms with Crippen LogP contribution in [-0.2, 0) is 6.54 Å². The summed E-state index contributed by atoms with van der Waals surface area (Å²) in [5.74, 6) is 0. The molecular weight excluding hydrogens is 222 g/mol. The Bertz CT molecular complexity index is 326. The molecule has 0 aliphatic carbocycles. The number of nitrogen functional groups attached to an aromatic ring is 1. The van der Waals surface area contributed by atoms with Crippen molar-refractivity contribution in [1.82, 2.24) is 10.6 Å². The number of nitrogens with two attached hydrogens (primary N) is 1. The average molecular weight is 242 g/mol. The molecule has 0 aromatic heterocycles. The molecule has 0 saturated carbocycles. The molecule has 0 atom stereocenters. The van der Waals surface area contributed by atoms with E-state index < -0.39 is 0 Å². The Morgan fingerprint density at radius 2 is 2.06 bits per heavy atom. The van der Waals surface area contributed by atoms with Crippen molar-refractivity contribution in [2.75, 3.05) is 18.8 Å². The predicted molar refractivity (Wildman–Crippen MR) is 70.7 cm³/mol. The van der Waals surface area contributed by atoms with Gasteiger partial charge in [0.15, 0.2) is 0 Å². The van der Waals surface area contributed by atoms with E-state index in [4.69, 9.17) is 17.3 Å². The van der Waals surface area contributed by atoms with Gasteiger partial charge in [-0.05, 0) is 23.8 Å². The van der Waals surface area contributed by atoms with Crippen LogP contribution in [0.5, 0.6) is 0 Å². The molecule has 4 N–H and O–H groups in total. The summed E-state index contributed by atoms with van der Waals surface area (Å²) in [7, 11) is 0. The number of nitrogens with one attached hydrogen (secondary N) is 2. The first-order valence-corrected chi connectivity index (χ1v) is 5.95.